The maximum absolute atomic E-state index is 10.1. The van der Waals surface area contributed by atoms with E-state index >= 15 is 0 Å². The summed E-state index contributed by atoms with van der Waals surface area (Å²) in [6.45, 7) is 6.62. The molecule has 2 aliphatic heterocycles. The van der Waals surface area contributed by atoms with Crippen molar-refractivity contribution in [2.75, 3.05) is 24.6 Å². The largest absolute Gasteiger partial charge is 0.473 e. The number of rotatable bonds is 6. The van der Waals surface area contributed by atoms with Gasteiger partial charge in [-0.1, -0.05) is 23.4 Å². The van der Waals surface area contributed by atoms with Gasteiger partial charge in [-0.25, -0.2) is 15.0 Å². The van der Waals surface area contributed by atoms with E-state index < -0.39 is 0 Å². The average Bonchev–Trinajstić information content (AvgIpc) is 3.54. The molecule has 1 saturated carbocycles. The molecule has 7 nitrogen and oxygen atoms in total. The second-order valence-electron chi connectivity index (χ2n) is 9.20. The Morgan fingerprint density at radius 1 is 1.31 bits per heavy atom. The van der Waals surface area contributed by atoms with Crippen LogP contribution in [0.15, 0.2) is 22.2 Å². The zero-order chi connectivity index (χ0) is 22.3. The molecule has 2 aromatic rings. The maximum Gasteiger partial charge on any atom is 0.234 e. The van der Waals surface area contributed by atoms with Crippen molar-refractivity contribution in [3.05, 3.63) is 28.7 Å². The molecular formula is C23H29ClN4O3S. The Kier molecular flexibility index (Phi) is 6.22. The van der Waals surface area contributed by atoms with Gasteiger partial charge in [-0.3, -0.25) is 0 Å². The number of aromatic nitrogens is 3. The normalized spacial score (nSPS) is 22.5. The number of hydrogen-bond acceptors (Lipinski definition) is 8. The molecular weight excluding hydrogens is 448 g/mol. The predicted octanol–water partition coefficient (Wildman–Crippen LogP) is 4.41. The van der Waals surface area contributed by atoms with Gasteiger partial charge in [0, 0.05) is 24.2 Å². The molecule has 1 spiro atoms. The first-order chi connectivity index (χ1) is 15.5. The number of aliphatic hydroxyl groups excluding tert-OH is 1. The van der Waals surface area contributed by atoms with E-state index in [-0.39, 0.29) is 12.7 Å². The maximum atomic E-state index is 10.1. The topological polar surface area (TPSA) is 80.6 Å². The molecule has 172 valence electrons. The minimum absolute atomic E-state index is 0.155. The number of hydrogen-bond donors (Lipinski definition) is 1. The van der Waals surface area contributed by atoms with E-state index in [1.807, 2.05) is 13.0 Å². The van der Waals surface area contributed by atoms with Gasteiger partial charge in [-0.05, 0) is 57.4 Å². The first-order valence-electron chi connectivity index (χ1n) is 11.3. The second kappa shape index (κ2) is 8.97. The van der Waals surface area contributed by atoms with E-state index in [0.29, 0.717) is 28.1 Å². The van der Waals surface area contributed by atoms with Crippen LogP contribution in [0.2, 0.25) is 5.02 Å². The van der Waals surface area contributed by atoms with Crippen LogP contribution in [0.1, 0.15) is 50.4 Å². The number of anilines is 1. The zero-order valence-electron chi connectivity index (χ0n) is 18.5. The summed E-state index contributed by atoms with van der Waals surface area (Å²) in [6.07, 6.45) is 7.66. The van der Waals surface area contributed by atoms with Crippen LogP contribution in [0.3, 0.4) is 0 Å². The summed E-state index contributed by atoms with van der Waals surface area (Å²) in [5.74, 6) is 1.26. The number of aryl methyl sites for hydroxylation is 1. The summed E-state index contributed by atoms with van der Waals surface area (Å²) in [7, 11) is 0. The van der Waals surface area contributed by atoms with Crippen LogP contribution in [0.5, 0.6) is 5.88 Å². The van der Waals surface area contributed by atoms with Crippen LogP contribution in [-0.4, -0.2) is 52.0 Å². The van der Waals surface area contributed by atoms with Crippen molar-refractivity contribution in [1.29, 1.82) is 0 Å². The molecule has 1 N–H and O–H groups in total. The number of halogens is 1. The lowest BCUT2D eigenvalue weighted by Crippen LogP contribution is -2.41. The molecule has 0 unspecified atom stereocenters. The third kappa shape index (κ3) is 4.55. The van der Waals surface area contributed by atoms with Crippen molar-refractivity contribution in [3.63, 3.8) is 0 Å². The quantitative estimate of drug-likeness (QED) is 0.656. The smallest absolute Gasteiger partial charge is 0.234 e. The van der Waals surface area contributed by atoms with E-state index in [1.165, 1.54) is 11.8 Å². The van der Waals surface area contributed by atoms with Gasteiger partial charge in [0.25, 0.3) is 0 Å². The first kappa shape index (κ1) is 22.2. The molecule has 2 aromatic heterocycles. The van der Waals surface area contributed by atoms with Crippen molar-refractivity contribution < 1.29 is 14.6 Å². The fourth-order valence-corrected chi connectivity index (χ4v) is 5.72. The number of pyridine rings is 1. The molecule has 4 heterocycles. The zero-order valence-corrected chi connectivity index (χ0v) is 20.1. The Morgan fingerprint density at radius 3 is 2.75 bits per heavy atom. The molecule has 0 aromatic carbocycles. The van der Waals surface area contributed by atoms with Crippen LogP contribution in [-0.2, 0) is 11.3 Å². The Labute approximate surface area is 197 Å². The molecule has 32 heavy (non-hydrogen) atoms. The highest BCUT2D eigenvalue weighted by molar-refractivity contribution is 7.99. The van der Waals surface area contributed by atoms with Gasteiger partial charge in [0.1, 0.15) is 21.8 Å². The minimum Gasteiger partial charge on any atom is -0.473 e. The molecule has 3 fully saturated rings. The Balaban J connectivity index is 1.34. The van der Waals surface area contributed by atoms with Crippen molar-refractivity contribution in [3.8, 4) is 5.88 Å². The van der Waals surface area contributed by atoms with Gasteiger partial charge in [0.2, 0.25) is 5.88 Å². The van der Waals surface area contributed by atoms with Gasteiger partial charge >= 0.3 is 0 Å². The molecule has 1 atom stereocenters. The lowest BCUT2D eigenvalue weighted by molar-refractivity contribution is 0.0975. The van der Waals surface area contributed by atoms with Crippen LogP contribution in [0.25, 0.3) is 0 Å². The van der Waals surface area contributed by atoms with Crippen LogP contribution >= 0.6 is 23.4 Å². The lowest BCUT2D eigenvalue weighted by Gasteiger charge is -2.39. The molecule has 5 rings (SSSR count). The number of aliphatic hydroxyl groups is 1. The summed E-state index contributed by atoms with van der Waals surface area (Å²) in [4.78, 5) is 17.0. The van der Waals surface area contributed by atoms with Gasteiger partial charge < -0.3 is 19.5 Å². The highest BCUT2D eigenvalue weighted by Crippen LogP contribution is 2.43. The van der Waals surface area contributed by atoms with Crippen LogP contribution in [0.4, 0.5) is 5.82 Å². The third-order valence-electron chi connectivity index (χ3n) is 6.58. The number of ether oxygens (including phenoxy) is 2. The summed E-state index contributed by atoms with van der Waals surface area (Å²) >= 11 is 7.99. The van der Waals surface area contributed by atoms with Crippen molar-refractivity contribution >= 4 is 29.2 Å². The molecule has 9 heteroatoms. The third-order valence-corrected chi connectivity index (χ3v) is 8.19. The summed E-state index contributed by atoms with van der Waals surface area (Å²) < 4.78 is 11.7. The fourth-order valence-electron chi connectivity index (χ4n) is 4.59. The molecule has 0 amide bonds. The highest BCUT2D eigenvalue weighted by Gasteiger charge is 2.41. The van der Waals surface area contributed by atoms with E-state index in [1.54, 1.807) is 6.20 Å². The van der Waals surface area contributed by atoms with Crippen molar-refractivity contribution in [2.24, 2.45) is 5.41 Å². The number of piperidine rings is 1. The molecule has 3 aliphatic rings. The Hall–Kier alpha value is -1.61. The van der Waals surface area contributed by atoms with Gasteiger partial charge in [-0.15, -0.1) is 0 Å². The van der Waals surface area contributed by atoms with Crippen LogP contribution < -0.4 is 9.64 Å². The van der Waals surface area contributed by atoms with E-state index in [9.17, 15) is 5.11 Å². The van der Waals surface area contributed by atoms with Gasteiger partial charge in [-0.2, -0.15) is 0 Å². The molecule has 1 aliphatic carbocycles. The molecule has 2 saturated heterocycles. The second-order valence-corrected chi connectivity index (χ2v) is 10.6. The minimum atomic E-state index is -0.155. The summed E-state index contributed by atoms with van der Waals surface area (Å²) in [5.41, 5.74) is 1.72. The van der Waals surface area contributed by atoms with E-state index in [0.717, 1.165) is 73.2 Å². The lowest BCUT2D eigenvalue weighted by atomic mass is 9.77. The molecule has 0 bridgehead atoms. The van der Waals surface area contributed by atoms with E-state index in [2.05, 4.69) is 16.8 Å². The van der Waals surface area contributed by atoms with Crippen molar-refractivity contribution in [2.45, 2.75) is 74.7 Å². The van der Waals surface area contributed by atoms with Crippen molar-refractivity contribution in [1.82, 2.24) is 15.0 Å². The number of nitrogens with zero attached hydrogens (tertiary/aromatic N) is 4. The standard InChI is InChI=1S/C23H29ClN4O3S/c1-14-11-23(13-30-14)6-9-28(10-7-23)20-17(12-29)27-22(15(2)26-20)32-18-5-8-25-21(19(18)24)31-16-3-4-16/h5,8,14,16,29H,3-4,6-7,9-13H2,1-2H3/t14-/m0/s1. The fraction of sp³-hybridized carbons (Fsp3) is 0.609. The Morgan fingerprint density at radius 2 is 2.09 bits per heavy atom. The predicted molar refractivity (Wildman–Crippen MR) is 124 cm³/mol. The average molecular weight is 477 g/mol. The highest BCUT2D eigenvalue weighted by atomic mass is 35.5. The van der Waals surface area contributed by atoms with Gasteiger partial charge in [0.05, 0.1) is 25.0 Å². The SMILES string of the molecule is Cc1nc(N2CCC3(CC2)CO[C@@H](C)C3)c(CO)nc1Sc1ccnc(OC2CC2)c1Cl. The molecule has 0 radical (unpaired) electrons. The summed E-state index contributed by atoms with van der Waals surface area (Å²) in [5, 5.41) is 11.3. The van der Waals surface area contributed by atoms with Crippen LogP contribution in [0, 0.1) is 12.3 Å². The Bertz CT molecular complexity index is 995. The van der Waals surface area contributed by atoms with Gasteiger partial charge in [0.15, 0.2) is 5.82 Å². The monoisotopic (exact) mass is 476 g/mol. The van der Waals surface area contributed by atoms with E-state index in [4.69, 9.17) is 31.0 Å². The first-order valence-corrected chi connectivity index (χ1v) is 12.5. The summed E-state index contributed by atoms with van der Waals surface area (Å²) in [6, 6.07) is 1.86.